The molecule has 0 radical (unpaired) electrons. The number of hydrogen-bond donors (Lipinski definition) is 2. The topological polar surface area (TPSA) is 95.6 Å². The van der Waals surface area contributed by atoms with Crippen LogP contribution in [0.15, 0.2) is 48.5 Å². The van der Waals surface area contributed by atoms with Gasteiger partial charge in [0, 0.05) is 28.2 Å². The molecule has 2 N–H and O–H groups in total. The molecule has 35 heavy (non-hydrogen) atoms. The molecule has 0 bridgehead atoms. The Morgan fingerprint density at radius 1 is 0.971 bits per heavy atom. The van der Waals surface area contributed by atoms with Gasteiger partial charge in [-0.15, -0.1) is 0 Å². The van der Waals surface area contributed by atoms with Gasteiger partial charge in [-0.2, -0.15) is 0 Å². The molecule has 0 aromatic heterocycles. The zero-order valence-electron chi connectivity index (χ0n) is 20.7. The summed E-state index contributed by atoms with van der Waals surface area (Å²) in [7, 11) is -1.73. The van der Waals surface area contributed by atoms with Crippen LogP contribution >= 0.6 is 0 Å². The molecule has 0 unspecified atom stereocenters. The lowest BCUT2D eigenvalue weighted by molar-refractivity contribution is -0.126. The predicted octanol–water partition coefficient (Wildman–Crippen LogP) is 3.86. The monoisotopic (exact) mass is 497 g/mol. The number of amides is 3. The number of carbonyl (C=O) groups is 3. The van der Waals surface area contributed by atoms with E-state index in [2.05, 4.69) is 10.6 Å². The van der Waals surface area contributed by atoms with Crippen molar-refractivity contribution in [2.45, 2.75) is 65.0 Å². The van der Waals surface area contributed by atoms with Crippen LogP contribution in [0.5, 0.6) is 0 Å². The van der Waals surface area contributed by atoms with E-state index >= 15 is 0 Å². The van der Waals surface area contributed by atoms with Crippen LogP contribution in [-0.4, -0.2) is 45.5 Å². The highest BCUT2D eigenvalue weighted by Crippen LogP contribution is 2.23. The maximum atomic E-state index is 13.3. The standard InChI is InChI=1S/C27H35N3O4S/c1-19-13-15-23(16-14-19)28-25(31)17-35(34)18-26(32)30(24-12-8-7-9-20(24)2)21(3)27(33)29-22-10-5-4-6-11-22/h7-9,12-16,21-22H,4-6,10-11,17-18H2,1-3H3,(H,28,31)(H,29,33)/t21-,35-/m1/s1. The molecule has 1 fully saturated rings. The summed E-state index contributed by atoms with van der Waals surface area (Å²) < 4.78 is 12.7. The first-order valence-electron chi connectivity index (χ1n) is 12.1. The summed E-state index contributed by atoms with van der Waals surface area (Å²) in [5, 5.41) is 5.80. The SMILES string of the molecule is Cc1ccc(NC(=O)C[S@@](=O)CC(=O)N(c2ccccc2C)[C@H](C)C(=O)NC2CCCCC2)cc1. The van der Waals surface area contributed by atoms with Crippen molar-refractivity contribution in [1.82, 2.24) is 5.32 Å². The van der Waals surface area contributed by atoms with Gasteiger partial charge in [0.05, 0.1) is 0 Å². The smallest absolute Gasteiger partial charge is 0.243 e. The van der Waals surface area contributed by atoms with E-state index in [-0.39, 0.29) is 23.5 Å². The first-order chi connectivity index (χ1) is 16.7. The maximum Gasteiger partial charge on any atom is 0.243 e. The van der Waals surface area contributed by atoms with E-state index in [0.717, 1.165) is 36.8 Å². The molecule has 1 aliphatic rings. The van der Waals surface area contributed by atoms with Crippen LogP contribution < -0.4 is 15.5 Å². The highest BCUT2D eigenvalue weighted by Gasteiger charge is 2.31. The molecule has 2 atom stereocenters. The fraction of sp³-hybridized carbons (Fsp3) is 0.444. The number of nitrogens with one attached hydrogen (secondary N) is 2. The number of carbonyl (C=O) groups excluding carboxylic acids is 3. The summed E-state index contributed by atoms with van der Waals surface area (Å²) in [6.07, 6.45) is 5.24. The van der Waals surface area contributed by atoms with E-state index in [0.29, 0.717) is 11.4 Å². The van der Waals surface area contributed by atoms with E-state index in [1.165, 1.54) is 11.3 Å². The first-order valence-corrected chi connectivity index (χ1v) is 13.6. The van der Waals surface area contributed by atoms with Crippen LogP contribution in [0, 0.1) is 13.8 Å². The van der Waals surface area contributed by atoms with Gasteiger partial charge in [0.25, 0.3) is 0 Å². The molecular weight excluding hydrogens is 462 g/mol. The maximum absolute atomic E-state index is 13.3. The van der Waals surface area contributed by atoms with Crippen molar-refractivity contribution in [3.05, 3.63) is 59.7 Å². The van der Waals surface area contributed by atoms with E-state index in [1.807, 2.05) is 38.1 Å². The Balaban J connectivity index is 1.68. The van der Waals surface area contributed by atoms with Crippen molar-refractivity contribution in [2.75, 3.05) is 21.7 Å². The number of nitrogens with zero attached hydrogens (tertiary/aromatic N) is 1. The molecule has 2 aromatic carbocycles. The lowest BCUT2D eigenvalue weighted by atomic mass is 9.95. The van der Waals surface area contributed by atoms with Gasteiger partial charge in [0.2, 0.25) is 17.7 Å². The molecule has 0 saturated heterocycles. The van der Waals surface area contributed by atoms with Crippen LogP contribution in [0.3, 0.4) is 0 Å². The highest BCUT2D eigenvalue weighted by atomic mass is 32.2. The Morgan fingerprint density at radius 2 is 1.63 bits per heavy atom. The third-order valence-electron chi connectivity index (χ3n) is 6.27. The number of benzene rings is 2. The summed E-state index contributed by atoms with van der Waals surface area (Å²) >= 11 is 0. The molecule has 0 heterocycles. The number of aryl methyl sites for hydroxylation is 2. The first kappa shape index (κ1) is 26.6. The van der Waals surface area contributed by atoms with Crippen molar-refractivity contribution in [3.63, 3.8) is 0 Å². The molecule has 8 heteroatoms. The van der Waals surface area contributed by atoms with Gasteiger partial charge in [-0.1, -0.05) is 55.2 Å². The van der Waals surface area contributed by atoms with Crippen LogP contribution in [0.4, 0.5) is 11.4 Å². The largest absolute Gasteiger partial charge is 0.352 e. The molecule has 3 amide bonds. The number of anilines is 2. The lowest BCUT2D eigenvalue weighted by Gasteiger charge is -2.32. The second kappa shape index (κ2) is 12.6. The van der Waals surface area contributed by atoms with Crippen LogP contribution in [-0.2, 0) is 25.2 Å². The summed E-state index contributed by atoms with van der Waals surface area (Å²) in [6.45, 7) is 5.51. The van der Waals surface area contributed by atoms with Gasteiger partial charge < -0.3 is 10.6 Å². The van der Waals surface area contributed by atoms with Crippen molar-refractivity contribution in [3.8, 4) is 0 Å². The zero-order chi connectivity index (χ0) is 25.4. The van der Waals surface area contributed by atoms with Crippen LogP contribution in [0.25, 0.3) is 0 Å². The van der Waals surface area contributed by atoms with Gasteiger partial charge >= 0.3 is 0 Å². The molecular formula is C27H35N3O4S. The number of para-hydroxylation sites is 1. The quantitative estimate of drug-likeness (QED) is 0.550. The molecule has 0 aliphatic heterocycles. The fourth-order valence-corrected chi connectivity index (χ4v) is 5.20. The third-order valence-corrected chi connectivity index (χ3v) is 7.43. The predicted molar refractivity (Wildman–Crippen MR) is 141 cm³/mol. The Kier molecular flexibility index (Phi) is 9.60. The summed E-state index contributed by atoms with van der Waals surface area (Å²) in [5.41, 5.74) is 3.11. The molecule has 1 aliphatic carbocycles. The Hall–Kier alpha value is -3.00. The minimum atomic E-state index is -1.73. The average molecular weight is 498 g/mol. The van der Waals surface area contributed by atoms with Gasteiger partial charge in [-0.3, -0.25) is 23.5 Å². The van der Waals surface area contributed by atoms with E-state index in [4.69, 9.17) is 0 Å². The Bertz CT molecular complexity index is 1060. The summed E-state index contributed by atoms with van der Waals surface area (Å²) in [5.74, 6) is -1.75. The van der Waals surface area contributed by atoms with E-state index < -0.39 is 28.7 Å². The van der Waals surface area contributed by atoms with Crippen LogP contribution in [0.1, 0.15) is 50.2 Å². The second-order valence-corrected chi connectivity index (χ2v) is 10.7. The number of hydrogen-bond acceptors (Lipinski definition) is 4. The van der Waals surface area contributed by atoms with Crippen molar-refractivity contribution < 1.29 is 18.6 Å². The molecule has 2 aromatic rings. The highest BCUT2D eigenvalue weighted by molar-refractivity contribution is 7.86. The molecule has 1 saturated carbocycles. The van der Waals surface area contributed by atoms with Crippen molar-refractivity contribution in [2.24, 2.45) is 0 Å². The second-order valence-electron chi connectivity index (χ2n) is 9.21. The average Bonchev–Trinajstić information content (AvgIpc) is 2.82. The molecule has 188 valence electrons. The third kappa shape index (κ3) is 7.75. The summed E-state index contributed by atoms with van der Waals surface area (Å²) in [6, 6.07) is 13.9. The zero-order valence-corrected chi connectivity index (χ0v) is 21.5. The van der Waals surface area contributed by atoms with Gasteiger partial charge in [-0.25, -0.2) is 0 Å². The fourth-order valence-electron chi connectivity index (χ4n) is 4.32. The van der Waals surface area contributed by atoms with Gasteiger partial charge in [0.15, 0.2) is 0 Å². The van der Waals surface area contributed by atoms with Crippen molar-refractivity contribution >= 4 is 39.9 Å². The van der Waals surface area contributed by atoms with Crippen LogP contribution in [0.2, 0.25) is 0 Å². The summed E-state index contributed by atoms with van der Waals surface area (Å²) in [4.78, 5) is 40.2. The van der Waals surface area contributed by atoms with Crippen molar-refractivity contribution in [1.29, 1.82) is 0 Å². The lowest BCUT2D eigenvalue weighted by Crippen LogP contribution is -2.52. The number of rotatable bonds is 9. The van der Waals surface area contributed by atoms with E-state index in [9.17, 15) is 18.6 Å². The minimum absolute atomic E-state index is 0.118. The molecule has 7 nitrogen and oxygen atoms in total. The van der Waals surface area contributed by atoms with E-state index in [1.54, 1.807) is 31.2 Å². The Morgan fingerprint density at radius 3 is 2.29 bits per heavy atom. The van der Waals surface area contributed by atoms with Gasteiger partial charge in [-0.05, 0) is 57.4 Å². The molecule has 0 spiro atoms. The van der Waals surface area contributed by atoms with Gasteiger partial charge in [0.1, 0.15) is 17.5 Å². The normalized spacial score (nSPS) is 15.6. The molecule has 3 rings (SSSR count). The Labute approximate surface area is 210 Å². The minimum Gasteiger partial charge on any atom is -0.352 e.